The standard InChI is InChI=1S/C21H27N5.HI/c1-17-9-4-5-10-18(17)15-25(3)21(22-2)23-13-8-14-26-16-24-19-11-6-7-12-20(19)26;/h4-7,9-12,16H,8,13-15H2,1-3H3,(H,22,23);1H. The number of nitrogens with zero attached hydrogens (tertiary/aromatic N) is 4. The van der Waals surface area contributed by atoms with Crippen molar-refractivity contribution < 1.29 is 0 Å². The van der Waals surface area contributed by atoms with Gasteiger partial charge in [-0.2, -0.15) is 0 Å². The Morgan fingerprint density at radius 1 is 1.15 bits per heavy atom. The molecule has 144 valence electrons. The summed E-state index contributed by atoms with van der Waals surface area (Å²) in [4.78, 5) is 11.0. The molecule has 0 saturated heterocycles. The van der Waals surface area contributed by atoms with E-state index >= 15 is 0 Å². The summed E-state index contributed by atoms with van der Waals surface area (Å²) in [6.07, 6.45) is 2.93. The molecule has 0 radical (unpaired) electrons. The van der Waals surface area contributed by atoms with Gasteiger partial charge in [0.1, 0.15) is 0 Å². The van der Waals surface area contributed by atoms with Gasteiger partial charge in [-0.15, -0.1) is 24.0 Å². The lowest BCUT2D eigenvalue weighted by Gasteiger charge is -2.23. The van der Waals surface area contributed by atoms with E-state index < -0.39 is 0 Å². The number of aryl methyl sites for hydroxylation is 2. The van der Waals surface area contributed by atoms with Crippen molar-refractivity contribution in [3.63, 3.8) is 0 Å². The van der Waals surface area contributed by atoms with Crippen LogP contribution in [0.5, 0.6) is 0 Å². The first-order valence-corrected chi connectivity index (χ1v) is 9.05. The molecule has 0 aliphatic carbocycles. The highest BCUT2D eigenvalue weighted by Gasteiger charge is 2.08. The molecular weight excluding hydrogens is 449 g/mol. The molecule has 0 atom stereocenters. The molecule has 0 bridgehead atoms. The fourth-order valence-electron chi connectivity index (χ4n) is 3.14. The number of halogens is 1. The summed E-state index contributed by atoms with van der Waals surface area (Å²) in [6.45, 7) is 4.80. The molecule has 3 rings (SSSR count). The van der Waals surface area contributed by atoms with Crippen LogP contribution in [0.2, 0.25) is 0 Å². The highest BCUT2D eigenvalue weighted by molar-refractivity contribution is 14.0. The number of imidazole rings is 1. The van der Waals surface area contributed by atoms with Gasteiger partial charge in [-0.3, -0.25) is 4.99 Å². The summed E-state index contributed by atoms with van der Waals surface area (Å²) in [5.74, 6) is 0.920. The number of nitrogens with one attached hydrogen (secondary N) is 1. The third kappa shape index (κ3) is 5.45. The Morgan fingerprint density at radius 2 is 1.89 bits per heavy atom. The molecule has 5 nitrogen and oxygen atoms in total. The Bertz CT molecular complexity index is 887. The van der Waals surface area contributed by atoms with Crippen LogP contribution in [0, 0.1) is 6.92 Å². The highest BCUT2D eigenvalue weighted by atomic mass is 127. The van der Waals surface area contributed by atoms with E-state index in [1.165, 1.54) is 16.6 Å². The van der Waals surface area contributed by atoms with Gasteiger partial charge in [0.05, 0.1) is 17.4 Å². The first kappa shape index (κ1) is 21.2. The van der Waals surface area contributed by atoms with Crippen LogP contribution in [0.1, 0.15) is 17.5 Å². The summed E-state index contributed by atoms with van der Waals surface area (Å²) in [5, 5.41) is 3.46. The summed E-state index contributed by atoms with van der Waals surface area (Å²) in [6, 6.07) is 16.7. The lowest BCUT2D eigenvalue weighted by Crippen LogP contribution is -2.39. The van der Waals surface area contributed by atoms with Crippen molar-refractivity contribution in [3.8, 4) is 0 Å². The number of fused-ring (bicyclic) bond motifs is 1. The number of guanidine groups is 1. The Morgan fingerprint density at radius 3 is 2.67 bits per heavy atom. The Hall–Kier alpha value is -2.09. The second-order valence-corrected chi connectivity index (χ2v) is 6.54. The average molecular weight is 477 g/mol. The van der Waals surface area contributed by atoms with Crippen LogP contribution in [0.3, 0.4) is 0 Å². The fraction of sp³-hybridized carbons (Fsp3) is 0.333. The van der Waals surface area contributed by atoms with E-state index in [2.05, 4.69) is 75.1 Å². The van der Waals surface area contributed by atoms with E-state index in [1.807, 2.05) is 25.5 Å². The number of aromatic nitrogens is 2. The number of aliphatic imine (C=N–C) groups is 1. The van der Waals surface area contributed by atoms with Gasteiger partial charge in [0.2, 0.25) is 0 Å². The predicted octanol–water partition coefficient (Wildman–Crippen LogP) is 4.06. The van der Waals surface area contributed by atoms with Crippen LogP contribution >= 0.6 is 24.0 Å². The highest BCUT2D eigenvalue weighted by Crippen LogP contribution is 2.12. The van der Waals surface area contributed by atoms with E-state index in [1.54, 1.807) is 0 Å². The predicted molar refractivity (Wildman–Crippen MR) is 124 cm³/mol. The van der Waals surface area contributed by atoms with Gasteiger partial charge in [0.15, 0.2) is 5.96 Å². The number of hydrogen-bond acceptors (Lipinski definition) is 2. The van der Waals surface area contributed by atoms with Crippen LogP contribution < -0.4 is 5.32 Å². The van der Waals surface area contributed by atoms with Crippen LogP contribution in [-0.2, 0) is 13.1 Å². The quantitative estimate of drug-likeness (QED) is 0.252. The molecule has 6 heteroatoms. The molecule has 0 amide bonds. The maximum absolute atomic E-state index is 4.44. The second-order valence-electron chi connectivity index (χ2n) is 6.54. The van der Waals surface area contributed by atoms with Crippen molar-refractivity contribution in [3.05, 3.63) is 66.0 Å². The Labute approximate surface area is 178 Å². The van der Waals surface area contributed by atoms with Gasteiger partial charge >= 0.3 is 0 Å². The molecule has 0 fully saturated rings. The van der Waals surface area contributed by atoms with Crippen molar-refractivity contribution in [2.24, 2.45) is 4.99 Å². The zero-order valence-electron chi connectivity index (χ0n) is 16.2. The molecule has 1 aromatic heterocycles. The lowest BCUT2D eigenvalue weighted by atomic mass is 10.1. The molecule has 0 aliphatic rings. The molecule has 0 aliphatic heterocycles. The van der Waals surface area contributed by atoms with Gasteiger partial charge in [-0.05, 0) is 36.6 Å². The van der Waals surface area contributed by atoms with Gasteiger partial charge < -0.3 is 14.8 Å². The smallest absolute Gasteiger partial charge is 0.193 e. The maximum Gasteiger partial charge on any atom is 0.193 e. The minimum Gasteiger partial charge on any atom is -0.356 e. The van der Waals surface area contributed by atoms with E-state index in [4.69, 9.17) is 0 Å². The minimum atomic E-state index is 0. The monoisotopic (exact) mass is 477 g/mol. The van der Waals surface area contributed by atoms with Gasteiger partial charge in [-0.1, -0.05) is 36.4 Å². The second kappa shape index (κ2) is 10.3. The molecule has 1 N–H and O–H groups in total. The van der Waals surface area contributed by atoms with Gasteiger partial charge in [-0.25, -0.2) is 4.98 Å². The number of hydrogen-bond donors (Lipinski definition) is 1. The van der Waals surface area contributed by atoms with Crippen LogP contribution in [0.15, 0.2) is 59.9 Å². The zero-order chi connectivity index (χ0) is 18.4. The Kier molecular flexibility index (Phi) is 8.09. The van der Waals surface area contributed by atoms with E-state index in [9.17, 15) is 0 Å². The largest absolute Gasteiger partial charge is 0.356 e. The third-order valence-electron chi connectivity index (χ3n) is 4.63. The van der Waals surface area contributed by atoms with Gasteiger partial charge in [0.25, 0.3) is 0 Å². The normalized spacial score (nSPS) is 11.3. The number of rotatable bonds is 6. The molecule has 0 saturated carbocycles. The van der Waals surface area contributed by atoms with Crippen molar-refractivity contribution in [2.75, 3.05) is 20.6 Å². The molecule has 0 spiro atoms. The average Bonchev–Trinajstić information content (AvgIpc) is 3.07. The van der Waals surface area contributed by atoms with Crippen molar-refractivity contribution >= 4 is 41.0 Å². The molecule has 27 heavy (non-hydrogen) atoms. The van der Waals surface area contributed by atoms with E-state index in [0.717, 1.165) is 37.5 Å². The summed E-state index contributed by atoms with van der Waals surface area (Å²) < 4.78 is 2.21. The zero-order valence-corrected chi connectivity index (χ0v) is 18.6. The summed E-state index contributed by atoms with van der Waals surface area (Å²) >= 11 is 0. The molecule has 3 aromatic rings. The molecule has 0 unspecified atom stereocenters. The SMILES string of the molecule is CN=C(NCCCn1cnc2ccccc21)N(C)Cc1ccccc1C.I. The lowest BCUT2D eigenvalue weighted by molar-refractivity contribution is 0.472. The first-order valence-electron chi connectivity index (χ1n) is 9.05. The third-order valence-corrected chi connectivity index (χ3v) is 4.63. The van der Waals surface area contributed by atoms with Crippen molar-refractivity contribution in [1.29, 1.82) is 0 Å². The first-order chi connectivity index (χ1) is 12.7. The molecule has 1 heterocycles. The minimum absolute atomic E-state index is 0. The summed E-state index contributed by atoms with van der Waals surface area (Å²) in [5.41, 5.74) is 4.87. The molecule has 2 aromatic carbocycles. The van der Waals surface area contributed by atoms with Gasteiger partial charge in [0, 0.05) is 33.7 Å². The van der Waals surface area contributed by atoms with E-state index in [0.29, 0.717) is 0 Å². The van der Waals surface area contributed by atoms with Crippen LogP contribution in [0.4, 0.5) is 0 Å². The van der Waals surface area contributed by atoms with E-state index in [-0.39, 0.29) is 24.0 Å². The van der Waals surface area contributed by atoms with Crippen LogP contribution in [-0.4, -0.2) is 41.1 Å². The maximum atomic E-state index is 4.44. The summed E-state index contributed by atoms with van der Waals surface area (Å²) in [7, 11) is 3.91. The van der Waals surface area contributed by atoms with Crippen LogP contribution in [0.25, 0.3) is 11.0 Å². The number of para-hydroxylation sites is 2. The fourth-order valence-corrected chi connectivity index (χ4v) is 3.14. The topological polar surface area (TPSA) is 45.5 Å². The molecular formula is C21H28IN5. The number of benzene rings is 2. The Balaban J connectivity index is 0.00000261. The van der Waals surface area contributed by atoms with Crippen molar-refractivity contribution in [2.45, 2.75) is 26.4 Å². The van der Waals surface area contributed by atoms with Crippen molar-refractivity contribution in [1.82, 2.24) is 19.8 Å².